The average molecular weight is 1850 g/mol. The molecule has 1 unspecified atom stereocenters. The number of aliphatic hydroxyl groups excluding tert-OH is 2. The Labute approximate surface area is 771 Å². The van der Waals surface area contributed by atoms with Gasteiger partial charge in [0.2, 0.25) is 47.3 Å². The molecule has 3 aliphatic rings. The number of amides is 10. The van der Waals surface area contributed by atoms with Crippen molar-refractivity contribution in [2.45, 2.75) is 338 Å². The van der Waals surface area contributed by atoms with Crippen LogP contribution >= 0.6 is 0 Å². The van der Waals surface area contributed by atoms with Crippen LogP contribution in [0.2, 0.25) is 0 Å². The maximum absolute atomic E-state index is 14.6. The summed E-state index contributed by atoms with van der Waals surface area (Å²) in [7, 11) is 6.05. The fourth-order valence-corrected chi connectivity index (χ4v) is 15.5. The first-order valence-electron chi connectivity index (χ1n) is 45.6. The lowest BCUT2D eigenvalue weighted by molar-refractivity contribution is -0.162. The van der Waals surface area contributed by atoms with E-state index in [0.717, 1.165) is 5.56 Å². The number of aliphatic hydroxyl groups is 2. The van der Waals surface area contributed by atoms with Gasteiger partial charge in [0, 0.05) is 26.6 Å². The number of esters is 3. The molecule has 5 rings (SSSR count). The lowest BCUT2D eigenvalue weighted by Gasteiger charge is -2.35. The van der Waals surface area contributed by atoms with E-state index < -0.39 is 251 Å². The number of alkyl carbamates (subject to hydrolysis) is 2. The molecule has 3 heterocycles. The number of benzene rings is 2. The normalized spacial score (nSPS) is 23.0. The fraction of sp³-hybridized carbons (Fsp3) is 0.702. The number of hydrogen-bond donors (Lipinski definition) is 11. The standard InChI is InChI=1S/C47H76N6O13.C47H73N5O13/c1-14-27(6)38(51-42(58)39(52-46(63)66-47(9,10)11)29(8)65-45(62)33(48-12)23-30-17-19-31(64-13)20-18-30)35(54)24-36(55)50-37(26(4)5)40(56)28(7)41(57)49-32(22-25(2)3)43(59)53-21-15-16-34(53)44(60)61;1-14-27(6)37-35(53)24-36(54)64-40(26(4)5)39(55)28(7)41(56)48-32(22-25(2)3)43(58)52-21-15-16-33(52)44(59)51(12)34(23-30-17-19-31(62-13)20-18-30)45(60)63-29(8)38(42(57)49-37)50-46(61)65-47(9,10)11/h17-20,25-29,32-35,37-39,48,54H,14-16,21-24H2,1-13H3,(H,49,57)(H,50,55)(H,51,58)(H,52,63)(H,60,61);17-20,25-29,32-35,37-38,40,53H,14-16,21-24H2,1-13H3,(H,48,56)(H,49,57)(H,50,61)/t27-,28?,29+,32-,33-,34-,35-,37-,38+,39-;27-,28-,29+,32-,33-,34-,35-,37+,38-,40-/m00/s1. The van der Waals surface area contributed by atoms with Crippen molar-refractivity contribution >= 4 is 94.9 Å². The Morgan fingerprint density at radius 3 is 1.75 bits per heavy atom. The zero-order valence-corrected chi connectivity index (χ0v) is 81.4. The summed E-state index contributed by atoms with van der Waals surface area (Å²) in [5.74, 6) is -14.5. The van der Waals surface area contributed by atoms with Gasteiger partial charge >= 0.3 is 36.1 Å². The van der Waals surface area contributed by atoms with Crippen molar-refractivity contribution in [3.8, 4) is 11.5 Å². The largest absolute Gasteiger partial charge is 0.497 e. The lowest BCUT2D eigenvalue weighted by Crippen LogP contribution is -2.60. The first kappa shape index (κ1) is 113. The smallest absolute Gasteiger partial charge is 0.408 e. The van der Waals surface area contributed by atoms with Gasteiger partial charge in [0.25, 0.3) is 0 Å². The molecule has 0 saturated carbocycles. The van der Waals surface area contributed by atoms with E-state index in [4.69, 9.17) is 33.2 Å². The zero-order valence-electron chi connectivity index (χ0n) is 81.4. The molecule has 11 N–H and O–H groups in total. The number of nitrogens with one attached hydrogen (secondary N) is 8. The van der Waals surface area contributed by atoms with Gasteiger partial charge in [-0.05, 0) is 192 Å². The minimum Gasteiger partial charge on any atom is -0.497 e. The van der Waals surface area contributed by atoms with Crippen LogP contribution in [0.4, 0.5) is 9.59 Å². The van der Waals surface area contributed by atoms with Crippen molar-refractivity contribution in [3.63, 3.8) is 0 Å². The van der Waals surface area contributed by atoms with Crippen LogP contribution in [0.25, 0.3) is 0 Å². The number of carbonyl (C=O) groups is 16. The summed E-state index contributed by atoms with van der Waals surface area (Å²) in [6.07, 6.45) is -7.53. The van der Waals surface area contributed by atoms with Crippen molar-refractivity contribution in [1.29, 1.82) is 0 Å². The molecule has 20 atom stereocenters. The number of carbonyl (C=O) groups excluding carboxylic acids is 15. The Kier molecular flexibility index (Phi) is 44.8. The van der Waals surface area contributed by atoms with Crippen LogP contribution in [0.5, 0.6) is 11.5 Å². The number of ketones is 2. The quantitative estimate of drug-likeness (QED) is 0.0206. The fourth-order valence-electron chi connectivity index (χ4n) is 15.5. The molecule has 131 heavy (non-hydrogen) atoms. The molecule has 2 aromatic rings. The van der Waals surface area contributed by atoms with Crippen LogP contribution < -0.4 is 52.0 Å². The molecule has 3 saturated heterocycles. The maximum atomic E-state index is 14.6. The third-order valence-electron chi connectivity index (χ3n) is 23.5. The molecule has 10 amide bonds. The maximum Gasteiger partial charge on any atom is 0.408 e. The van der Waals surface area contributed by atoms with Crippen LogP contribution in [0, 0.1) is 47.3 Å². The number of methoxy groups -OCH3 is 2. The van der Waals surface area contributed by atoms with E-state index in [-0.39, 0.29) is 57.0 Å². The van der Waals surface area contributed by atoms with Crippen LogP contribution in [0.1, 0.15) is 228 Å². The summed E-state index contributed by atoms with van der Waals surface area (Å²) in [6.45, 7) is 36.8. The lowest BCUT2D eigenvalue weighted by atomic mass is 9.89. The molecule has 0 bridgehead atoms. The predicted octanol–water partition coefficient (Wildman–Crippen LogP) is 6.37. The second kappa shape index (κ2) is 52.0. The van der Waals surface area contributed by atoms with Gasteiger partial charge in [-0.25, -0.2) is 19.2 Å². The third kappa shape index (κ3) is 34.8. The molecule has 2 aromatic carbocycles. The first-order valence-corrected chi connectivity index (χ1v) is 45.6. The molecule has 0 radical (unpaired) electrons. The van der Waals surface area contributed by atoms with Gasteiger partial charge in [-0.1, -0.05) is 120 Å². The minimum absolute atomic E-state index is 0.0604. The van der Waals surface area contributed by atoms with E-state index in [9.17, 15) is 92.0 Å². The number of ether oxygens (including phenoxy) is 7. The van der Waals surface area contributed by atoms with Gasteiger partial charge in [-0.3, -0.25) is 57.5 Å². The topological polar surface area (TPSA) is 504 Å². The highest BCUT2D eigenvalue weighted by Crippen LogP contribution is 2.29. The second-order valence-corrected chi connectivity index (χ2v) is 38.1. The van der Waals surface area contributed by atoms with Gasteiger partial charge in [0.15, 0.2) is 17.7 Å². The number of carboxylic acid groups (broad SMARTS) is 1. The monoisotopic (exact) mass is 1850 g/mol. The van der Waals surface area contributed by atoms with Crippen molar-refractivity contribution < 1.29 is 125 Å². The predicted molar refractivity (Wildman–Crippen MR) is 484 cm³/mol. The minimum atomic E-state index is -1.63. The Hall–Kier alpha value is -10.6. The van der Waals surface area contributed by atoms with Gasteiger partial charge in [-0.15, -0.1) is 0 Å². The highest BCUT2D eigenvalue weighted by molar-refractivity contribution is 6.07. The highest BCUT2D eigenvalue weighted by atomic mass is 16.6. The van der Waals surface area contributed by atoms with Crippen molar-refractivity contribution in [1.82, 2.24) is 57.2 Å². The van der Waals surface area contributed by atoms with E-state index in [1.165, 1.54) is 56.6 Å². The summed E-state index contributed by atoms with van der Waals surface area (Å²) >= 11 is 0. The Bertz CT molecular complexity index is 4190. The second-order valence-electron chi connectivity index (χ2n) is 38.1. The SMILES string of the molecule is CC[C@H](C)[C@@H](NC(=O)[C@@H](NC(=O)OC(C)(C)C)[C@@H](C)OC(=O)[C@H](Cc1ccc(OC)cc1)NC)[C@@H](O)CC(=O)N[C@H](C(=O)C(C)C(=O)N[C@@H](CC(C)C)C(=O)N1CCC[C@H]1C(=O)O)C(C)C.CC[C@H](C)[C@H]1NC(=O)[C@@H](NC(=O)OC(C)(C)C)[C@@H](C)OC(=O)[C@H](Cc2ccc(OC)cc2)N(C)C(=O)[C@@H]2CCCN2C(=O)[C@H](CC(C)C)NC(=O)[C@@H](C)C(=O)[C@H](C(C)C)OC(=O)C[C@@H]1O. The van der Waals surface area contributed by atoms with Crippen molar-refractivity contribution in [3.05, 3.63) is 59.7 Å². The van der Waals surface area contributed by atoms with Crippen LogP contribution in [0.15, 0.2) is 48.5 Å². The number of aliphatic carboxylic acids is 1. The van der Waals surface area contributed by atoms with Gasteiger partial charge in [0.05, 0.1) is 69.2 Å². The Morgan fingerprint density at radius 2 is 1.23 bits per heavy atom. The van der Waals surface area contributed by atoms with E-state index in [1.807, 2.05) is 34.6 Å². The number of cyclic esters (lactones) is 2. The number of fused-ring (bicyclic) bond motifs is 1. The van der Waals surface area contributed by atoms with E-state index in [0.29, 0.717) is 49.2 Å². The average Bonchev–Trinajstić information content (AvgIpc) is 1.72. The van der Waals surface area contributed by atoms with Gasteiger partial charge < -0.3 is 106 Å². The molecule has 37 nitrogen and oxygen atoms in total. The summed E-state index contributed by atoms with van der Waals surface area (Å²) in [5, 5.41) is 54.2. The summed E-state index contributed by atoms with van der Waals surface area (Å²) < 4.78 is 38.8. The molecule has 0 aliphatic carbocycles. The molecule has 0 aromatic heterocycles. The number of hydrogen-bond acceptors (Lipinski definition) is 26. The van der Waals surface area contributed by atoms with E-state index in [1.54, 1.807) is 153 Å². The van der Waals surface area contributed by atoms with Crippen LogP contribution in [0.3, 0.4) is 0 Å². The van der Waals surface area contributed by atoms with Crippen molar-refractivity contribution in [2.24, 2.45) is 47.3 Å². The van der Waals surface area contributed by atoms with Gasteiger partial charge in [-0.2, -0.15) is 0 Å². The number of rotatable bonds is 34. The number of likely N-dealkylation sites (N-methyl/N-ethyl adjacent to an activating group) is 2. The first-order chi connectivity index (χ1) is 61.0. The van der Waals surface area contributed by atoms with Crippen molar-refractivity contribution in [2.75, 3.05) is 41.4 Å². The van der Waals surface area contributed by atoms with Crippen LogP contribution in [-0.4, -0.2) is 274 Å². The van der Waals surface area contributed by atoms with Gasteiger partial charge in [0.1, 0.15) is 83.2 Å². The third-order valence-corrected chi connectivity index (χ3v) is 23.5. The molecular formula is C94H149N11O26. The summed E-state index contributed by atoms with van der Waals surface area (Å²) in [6, 6.07) is 0.955. The molecule has 37 heteroatoms. The molecular weight excluding hydrogens is 1700 g/mol. The molecule has 0 spiro atoms. The Morgan fingerprint density at radius 1 is 0.656 bits per heavy atom. The number of carboxylic acids is 1. The summed E-state index contributed by atoms with van der Waals surface area (Å²) in [5.41, 5.74) is -0.525. The summed E-state index contributed by atoms with van der Waals surface area (Å²) in [4.78, 5) is 223. The molecule has 736 valence electrons. The van der Waals surface area contributed by atoms with E-state index >= 15 is 0 Å². The highest BCUT2D eigenvalue weighted by Gasteiger charge is 2.47. The zero-order chi connectivity index (χ0) is 99.3. The number of Topliss-reactive ketones (excluding diaryl/α,β-unsaturated/α-hetero) is 2. The van der Waals surface area contributed by atoms with E-state index in [2.05, 4.69) is 42.5 Å². The number of nitrogens with zero attached hydrogens (tertiary/aromatic N) is 3. The number of likely N-dealkylation sites (tertiary alicyclic amines) is 1. The van der Waals surface area contributed by atoms with Crippen LogP contribution in [-0.2, 0) is 104 Å². The molecule has 3 aliphatic heterocycles. The Balaban J connectivity index is 0.000000548. The molecule has 3 fully saturated rings.